The van der Waals surface area contributed by atoms with Crippen molar-refractivity contribution in [3.05, 3.63) is 28.8 Å². The standard InChI is InChI=1S/C13H19ClO3/c1-3-11(15)12(16)6-4-9-8-10(14)5-7-13(9)17-2/h5,7-8,11-12,15-16H,3-4,6H2,1-2H3. The van der Waals surface area contributed by atoms with Gasteiger partial charge in [-0.3, -0.25) is 0 Å². The third-order valence-electron chi connectivity index (χ3n) is 2.81. The molecule has 0 aromatic heterocycles. The van der Waals surface area contributed by atoms with Crippen molar-refractivity contribution in [2.45, 2.75) is 38.4 Å². The Kier molecular flexibility index (Phi) is 5.75. The quantitative estimate of drug-likeness (QED) is 0.824. The molecule has 0 saturated carbocycles. The van der Waals surface area contributed by atoms with Gasteiger partial charge in [0.2, 0.25) is 0 Å². The number of benzene rings is 1. The maximum atomic E-state index is 9.69. The van der Waals surface area contributed by atoms with E-state index in [4.69, 9.17) is 16.3 Å². The molecule has 0 spiro atoms. The first kappa shape index (κ1) is 14.3. The van der Waals surface area contributed by atoms with Gasteiger partial charge in [-0.2, -0.15) is 0 Å². The number of aliphatic hydroxyl groups excluding tert-OH is 2. The fourth-order valence-electron chi connectivity index (χ4n) is 1.71. The molecule has 2 unspecified atom stereocenters. The van der Waals surface area contributed by atoms with Crippen LogP contribution in [-0.4, -0.2) is 29.5 Å². The van der Waals surface area contributed by atoms with Crippen molar-refractivity contribution in [3.63, 3.8) is 0 Å². The zero-order valence-electron chi connectivity index (χ0n) is 10.2. The van der Waals surface area contributed by atoms with Gasteiger partial charge in [-0.15, -0.1) is 0 Å². The molecule has 0 amide bonds. The van der Waals surface area contributed by atoms with E-state index in [1.54, 1.807) is 19.2 Å². The summed E-state index contributed by atoms with van der Waals surface area (Å²) in [7, 11) is 1.60. The minimum atomic E-state index is -0.705. The van der Waals surface area contributed by atoms with Crippen LogP contribution < -0.4 is 4.74 Å². The van der Waals surface area contributed by atoms with Gasteiger partial charge in [0, 0.05) is 5.02 Å². The van der Waals surface area contributed by atoms with Crippen molar-refractivity contribution >= 4 is 11.6 Å². The zero-order chi connectivity index (χ0) is 12.8. The van der Waals surface area contributed by atoms with Gasteiger partial charge in [0.1, 0.15) is 5.75 Å². The first-order valence-corrected chi connectivity index (χ1v) is 6.14. The molecule has 0 radical (unpaired) electrons. The van der Waals surface area contributed by atoms with Crippen molar-refractivity contribution in [3.8, 4) is 5.75 Å². The summed E-state index contributed by atoms with van der Waals surface area (Å²) >= 11 is 5.91. The second kappa shape index (κ2) is 6.84. The summed E-state index contributed by atoms with van der Waals surface area (Å²) in [5.74, 6) is 0.757. The van der Waals surface area contributed by atoms with Crippen LogP contribution in [-0.2, 0) is 6.42 Å². The highest BCUT2D eigenvalue weighted by atomic mass is 35.5. The minimum absolute atomic E-state index is 0.492. The van der Waals surface area contributed by atoms with Crippen molar-refractivity contribution < 1.29 is 14.9 Å². The molecule has 1 aromatic rings. The van der Waals surface area contributed by atoms with E-state index in [1.807, 2.05) is 13.0 Å². The van der Waals surface area contributed by atoms with E-state index < -0.39 is 12.2 Å². The molecule has 4 heteroatoms. The maximum absolute atomic E-state index is 9.69. The second-order valence-electron chi connectivity index (χ2n) is 4.04. The van der Waals surface area contributed by atoms with Crippen LogP contribution in [0, 0.1) is 0 Å². The molecule has 2 N–H and O–H groups in total. The molecule has 1 aromatic carbocycles. The Morgan fingerprint density at radius 3 is 2.59 bits per heavy atom. The van der Waals surface area contributed by atoms with Crippen LogP contribution in [0.3, 0.4) is 0 Å². The fraction of sp³-hybridized carbons (Fsp3) is 0.538. The van der Waals surface area contributed by atoms with E-state index in [1.165, 1.54) is 0 Å². The molecular formula is C13H19ClO3. The number of hydrogen-bond donors (Lipinski definition) is 2. The van der Waals surface area contributed by atoms with E-state index in [2.05, 4.69) is 0 Å². The molecule has 0 saturated heterocycles. The molecule has 1 rings (SSSR count). The van der Waals surface area contributed by atoms with E-state index in [-0.39, 0.29) is 0 Å². The zero-order valence-corrected chi connectivity index (χ0v) is 10.9. The van der Waals surface area contributed by atoms with Gasteiger partial charge in [-0.05, 0) is 43.0 Å². The molecule has 96 valence electrons. The molecule has 17 heavy (non-hydrogen) atoms. The van der Waals surface area contributed by atoms with E-state index >= 15 is 0 Å². The number of methoxy groups -OCH3 is 1. The lowest BCUT2D eigenvalue weighted by atomic mass is 10.0. The van der Waals surface area contributed by atoms with Crippen LogP contribution >= 0.6 is 11.6 Å². The van der Waals surface area contributed by atoms with Crippen LogP contribution in [0.2, 0.25) is 5.02 Å². The Morgan fingerprint density at radius 2 is 2.00 bits per heavy atom. The largest absolute Gasteiger partial charge is 0.496 e. The smallest absolute Gasteiger partial charge is 0.122 e. The highest BCUT2D eigenvalue weighted by Gasteiger charge is 2.15. The highest BCUT2D eigenvalue weighted by molar-refractivity contribution is 6.30. The average Bonchev–Trinajstić information content (AvgIpc) is 2.35. The number of halogens is 1. The Labute approximate surface area is 107 Å². The van der Waals surface area contributed by atoms with Gasteiger partial charge >= 0.3 is 0 Å². The number of aliphatic hydroxyl groups is 2. The summed E-state index contributed by atoms with van der Waals surface area (Å²) in [6, 6.07) is 5.40. The molecule has 2 atom stereocenters. The summed E-state index contributed by atoms with van der Waals surface area (Å²) < 4.78 is 5.22. The predicted octanol–water partition coefficient (Wildman–Crippen LogP) is 2.41. The molecular weight excluding hydrogens is 240 g/mol. The normalized spacial score (nSPS) is 14.4. The van der Waals surface area contributed by atoms with Crippen molar-refractivity contribution in [1.29, 1.82) is 0 Å². The third kappa shape index (κ3) is 4.19. The van der Waals surface area contributed by atoms with Crippen LogP contribution in [0.15, 0.2) is 18.2 Å². The van der Waals surface area contributed by atoms with Crippen LogP contribution in [0.5, 0.6) is 5.75 Å². The Morgan fingerprint density at radius 1 is 1.29 bits per heavy atom. The Bertz CT molecular complexity index is 355. The second-order valence-corrected chi connectivity index (χ2v) is 4.47. The summed E-state index contributed by atoms with van der Waals surface area (Å²) in [6.07, 6.45) is 0.297. The lowest BCUT2D eigenvalue weighted by molar-refractivity contribution is 0.0130. The molecule has 0 aliphatic carbocycles. The lowest BCUT2D eigenvalue weighted by Gasteiger charge is -2.16. The van der Waals surface area contributed by atoms with Gasteiger partial charge < -0.3 is 14.9 Å². The van der Waals surface area contributed by atoms with Gasteiger partial charge in [0.15, 0.2) is 0 Å². The first-order chi connectivity index (χ1) is 8.08. The van der Waals surface area contributed by atoms with Gasteiger partial charge in [-0.1, -0.05) is 18.5 Å². The molecule has 0 aliphatic heterocycles. The lowest BCUT2D eigenvalue weighted by Crippen LogP contribution is -2.25. The maximum Gasteiger partial charge on any atom is 0.122 e. The van der Waals surface area contributed by atoms with Crippen LogP contribution in [0.1, 0.15) is 25.3 Å². The van der Waals surface area contributed by atoms with Crippen LogP contribution in [0.25, 0.3) is 0 Å². The summed E-state index contributed by atoms with van der Waals surface area (Å²) in [6.45, 7) is 1.84. The highest BCUT2D eigenvalue weighted by Crippen LogP contribution is 2.24. The van der Waals surface area contributed by atoms with Gasteiger partial charge in [0.05, 0.1) is 19.3 Å². The summed E-state index contributed by atoms with van der Waals surface area (Å²) in [5.41, 5.74) is 0.947. The minimum Gasteiger partial charge on any atom is -0.496 e. The van der Waals surface area contributed by atoms with Crippen molar-refractivity contribution in [1.82, 2.24) is 0 Å². The molecule has 0 bridgehead atoms. The number of rotatable bonds is 6. The number of hydrogen-bond acceptors (Lipinski definition) is 3. The SMILES string of the molecule is CCC(O)C(O)CCc1cc(Cl)ccc1OC. The van der Waals surface area contributed by atoms with Gasteiger partial charge in [0.25, 0.3) is 0 Å². The molecule has 0 fully saturated rings. The van der Waals surface area contributed by atoms with Crippen LogP contribution in [0.4, 0.5) is 0 Å². The van der Waals surface area contributed by atoms with Crippen molar-refractivity contribution in [2.24, 2.45) is 0 Å². The third-order valence-corrected chi connectivity index (χ3v) is 3.05. The predicted molar refractivity (Wildman–Crippen MR) is 68.6 cm³/mol. The monoisotopic (exact) mass is 258 g/mol. The first-order valence-electron chi connectivity index (χ1n) is 5.77. The fourth-order valence-corrected chi connectivity index (χ4v) is 1.91. The van der Waals surface area contributed by atoms with E-state index in [0.29, 0.717) is 24.3 Å². The topological polar surface area (TPSA) is 49.7 Å². The Balaban J connectivity index is 2.65. The van der Waals surface area contributed by atoms with Crippen molar-refractivity contribution in [2.75, 3.05) is 7.11 Å². The summed E-state index contributed by atoms with van der Waals surface area (Å²) in [4.78, 5) is 0. The number of aryl methyl sites for hydroxylation is 1. The molecule has 0 aliphatic rings. The molecule has 0 heterocycles. The molecule has 3 nitrogen and oxygen atoms in total. The van der Waals surface area contributed by atoms with Gasteiger partial charge in [-0.25, -0.2) is 0 Å². The average molecular weight is 259 g/mol. The van der Waals surface area contributed by atoms with E-state index in [9.17, 15) is 10.2 Å². The summed E-state index contributed by atoms with van der Waals surface area (Å²) in [5, 5.41) is 19.8. The van der Waals surface area contributed by atoms with E-state index in [0.717, 1.165) is 11.3 Å². The Hall–Kier alpha value is -0.770. The number of ether oxygens (including phenoxy) is 1.